The van der Waals surface area contributed by atoms with Crippen LogP contribution >= 0.6 is 0 Å². The molecule has 0 amide bonds. The molecule has 2 N–H and O–H groups in total. The van der Waals surface area contributed by atoms with Crippen LogP contribution in [-0.4, -0.2) is 53.7 Å². The number of nitrogens with one attached hydrogen (secondary N) is 1. The van der Waals surface area contributed by atoms with Gasteiger partial charge in [0, 0.05) is 31.7 Å². The minimum absolute atomic E-state index is 0.0647. The summed E-state index contributed by atoms with van der Waals surface area (Å²) in [5, 5.41) is 3.64. The van der Waals surface area contributed by atoms with Crippen LogP contribution in [0.5, 0.6) is 5.75 Å². The molecule has 29 heavy (non-hydrogen) atoms. The molecule has 0 saturated carbocycles. The van der Waals surface area contributed by atoms with E-state index < -0.39 is 11.2 Å². The summed E-state index contributed by atoms with van der Waals surface area (Å²) in [6.07, 6.45) is 2.83. The van der Waals surface area contributed by atoms with Gasteiger partial charge in [-0.25, -0.2) is 9.37 Å². The zero-order valence-electron chi connectivity index (χ0n) is 16.1. The Labute approximate surface area is 172 Å². The number of fused-ring (bicyclic) bond motifs is 1. The van der Waals surface area contributed by atoms with Gasteiger partial charge in [0.1, 0.15) is 29.2 Å². The van der Waals surface area contributed by atoms with Gasteiger partial charge in [0.15, 0.2) is 16.9 Å². The summed E-state index contributed by atoms with van der Waals surface area (Å²) in [5.74, 6) is 2.10. The first-order chi connectivity index (χ1) is 14.2. The molecular weight excluding hydrogens is 393 g/mol. The minimum atomic E-state index is -0.735. The van der Waals surface area contributed by atoms with Crippen molar-refractivity contribution in [2.24, 2.45) is 0 Å². The first-order valence-corrected chi connectivity index (χ1v) is 11.5. The fraction of sp³-hybridized carbons (Fsp3) is 0.476. The summed E-state index contributed by atoms with van der Waals surface area (Å²) in [5.41, 5.74) is 2.02. The van der Waals surface area contributed by atoms with Crippen molar-refractivity contribution < 1.29 is 18.4 Å². The minimum Gasteiger partial charge on any atom is -0.487 e. The van der Waals surface area contributed by atoms with E-state index in [4.69, 9.17) is 14.5 Å². The monoisotopic (exact) mass is 418 g/mol. The van der Waals surface area contributed by atoms with E-state index in [9.17, 15) is 8.94 Å². The van der Waals surface area contributed by atoms with Crippen molar-refractivity contribution in [2.45, 2.75) is 36.3 Å². The van der Waals surface area contributed by atoms with Crippen LogP contribution in [0.4, 0.5) is 15.9 Å². The Kier molecular flexibility index (Phi) is 5.24. The molecule has 0 aliphatic carbocycles. The molecule has 4 heterocycles. The lowest BCUT2D eigenvalue weighted by atomic mass is 10.1. The molecule has 1 aromatic carbocycles. The largest absolute Gasteiger partial charge is 0.487 e. The highest BCUT2D eigenvalue weighted by Gasteiger charge is 2.39. The van der Waals surface area contributed by atoms with Crippen LogP contribution in [0.2, 0.25) is 0 Å². The van der Waals surface area contributed by atoms with Gasteiger partial charge >= 0.3 is 0 Å². The summed E-state index contributed by atoms with van der Waals surface area (Å²) in [6.45, 7) is 3.03. The van der Waals surface area contributed by atoms with Crippen LogP contribution in [0.3, 0.4) is 0 Å². The number of hydrogen-bond acceptors (Lipinski definition) is 6. The van der Waals surface area contributed by atoms with Crippen molar-refractivity contribution in [1.29, 1.82) is 0 Å². The van der Waals surface area contributed by atoms with E-state index in [1.54, 1.807) is 12.1 Å². The number of aromatic nitrogens is 1. The smallest absolute Gasteiger partial charge is 0.234 e. The van der Waals surface area contributed by atoms with E-state index in [-0.39, 0.29) is 11.9 Å². The van der Waals surface area contributed by atoms with Crippen LogP contribution in [0.1, 0.15) is 18.5 Å². The average molecular weight is 419 g/mol. The summed E-state index contributed by atoms with van der Waals surface area (Å²) in [6, 6.07) is 8.58. The fourth-order valence-corrected chi connectivity index (χ4v) is 5.42. The predicted molar refractivity (Wildman–Crippen MR) is 112 cm³/mol. The van der Waals surface area contributed by atoms with Gasteiger partial charge in [-0.05, 0) is 37.1 Å². The molecule has 2 fully saturated rings. The topological polar surface area (TPSA) is 66.9 Å². The third-order valence-electron chi connectivity index (χ3n) is 5.67. The van der Waals surface area contributed by atoms with Gasteiger partial charge in [0.25, 0.3) is 0 Å². The molecule has 6 nitrogen and oxygen atoms in total. The normalized spacial score (nSPS) is 22.3. The highest BCUT2D eigenvalue weighted by atomic mass is 32.2. The molecule has 2 saturated heterocycles. The van der Waals surface area contributed by atoms with E-state index in [0.717, 1.165) is 73.4 Å². The maximum atomic E-state index is 13.0. The number of rotatable bonds is 5. The maximum Gasteiger partial charge on any atom is 0.234 e. The number of ether oxygens (including phenoxy) is 2. The molecule has 1 aromatic heterocycles. The lowest BCUT2D eigenvalue weighted by molar-refractivity contribution is 0.0904. The van der Waals surface area contributed by atoms with Gasteiger partial charge < -0.3 is 19.7 Å². The maximum absolute atomic E-state index is 13.0. The number of benzene rings is 1. The second-order valence-electron chi connectivity index (χ2n) is 7.75. The Balaban J connectivity index is 1.29. The van der Waals surface area contributed by atoms with Crippen LogP contribution in [-0.2, 0) is 22.3 Å². The zero-order chi connectivity index (χ0) is 19.8. The Bertz CT molecular complexity index is 870. The Morgan fingerprint density at radius 3 is 2.72 bits per heavy atom. The van der Waals surface area contributed by atoms with Gasteiger partial charge in [0.2, 0.25) is 4.90 Å². The molecule has 154 valence electrons. The average Bonchev–Trinajstić information content (AvgIpc) is 3.08. The SMILES string of the molecule is O[S+]1CCc2nc(N3CC(Oc4ccc(F)cc4)C3)cc(NC3CCOCC3)c21. The zero-order valence-corrected chi connectivity index (χ0v) is 17.0. The molecule has 1 atom stereocenters. The van der Waals surface area contributed by atoms with Gasteiger partial charge in [-0.1, -0.05) is 0 Å². The van der Waals surface area contributed by atoms with Crippen LogP contribution in [0.15, 0.2) is 35.2 Å². The summed E-state index contributed by atoms with van der Waals surface area (Å²) < 4.78 is 34.9. The number of halogens is 1. The van der Waals surface area contributed by atoms with Gasteiger partial charge in [-0.15, -0.1) is 0 Å². The van der Waals surface area contributed by atoms with E-state index in [1.807, 2.05) is 0 Å². The predicted octanol–water partition coefficient (Wildman–Crippen LogP) is 3.09. The van der Waals surface area contributed by atoms with Crippen LogP contribution < -0.4 is 15.0 Å². The molecule has 0 radical (unpaired) electrons. The number of hydrogen-bond donors (Lipinski definition) is 2. The first kappa shape index (κ1) is 19.0. The number of nitrogens with zero attached hydrogens (tertiary/aromatic N) is 2. The van der Waals surface area contributed by atoms with Gasteiger partial charge in [-0.3, -0.25) is 0 Å². The van der Waals surface area contributed by atoms with Crippen molar-refractivity contribution >= 4 is 22.7 Å². The van der Waals surface area contributed by atoms with Crippen molar-refractivity contribution in [3.05, 3.63) is 41.8 Å². The van der Waals surface area contributed by atoms with E-state index in [1.165, 1.54) is 12.1 Å². The number of pyridine rings is 1. The van der Waals surface area contributed by atoms with Crippen molar-refractivity contribution in [3.63, 3.8) is 0 Å². The molecular formula is C21H25FN3O3S+. The summed E-state index contributed by atoms with van der Waals surface area (Å²) in [4.78, 5) is 8.01. The van der Waals surface area contributed by atoms with Gasteiger partial charge in [0.05, 0.1) is 18.8 Å². The van der Waals surface area contributed by atoms with E-state index in [2.05, 4.69) is 16.3 Å². The molecule has 3 aliphatic heterocycles. The quantitative estimate of drug-likeness (QED) is 0.728. The Morgan fingerprint density at radius 2 is 1.97 bits per heavy atom. The van der Waals surface area contributed by atoms with Crippen LogP contribution in [0.25, 0.3) is 0 Å². The van der Waals surface area contributed by atoms with E-state index >= 15 is 0 Å². The molecule has 2 aromatic rings. The number of aryl methyl sites for hydroxylation is 1. The molecule has 8 heteroatoms. The lowest BCUT2D eigenvalue weighted by Crippen LogP contribution is -2.54. The third kappa shape index (κ3) is 4.01. The van der Waals surface area contributed by atoms with Gasteiger partial charge in [-0.2, -0.15) is 4.55 Å². The lowest BCUT2D eigenvalue weighted by Gasteiger charge is -2.40. The molecule has 3 aliphatic rings. The molecule has 5 rings (SSSR count). The number of anilines is 2. The second-order valence-corrected chi connectivity index (χ2v) is 9.30. The summed E-state index contributed by atoms with van der Waals surface area (Å²) in [7, 11) is 0. The second kappa shape index (κ2) is 8.01. The molecule has 0 bridgehead atoms. The van der Waals surface area contributed by atoms with Crippen molar-refractivity contribution in [1.82, 2.24) is 4.98 Å². The fourth-order valence-electron chi connectivity index (χ4n) is 4.04. The standard InChI is InChI=1S/C21H25FN3O3S/c22-14-1-3-16(4-2-14)28-17-12-25(13-17)20-11-19(23-15-5-8-27-9-6-15)21-18(24-20)7-10-29(21)26/h1-4,11,15,17,26H,5-10,12-13H2,(H,23,24)/q+1. The highest BCUT2D eigenvalue weighted by Crippen LogP contribution is 2.36. The molecule has 0 spiro atoms. The Hall–Kier alpha value is -2.03. The Morgan fingerprint density at radius 1 is 1.21 bits per heavy atom. The van der Waals surface area contributed by atoms with E-state index in [0.29, 0.717) is 11.8 Å². The van der Waals surface area contributed by atoms with Crippen molar-refractivity contribution in [2.75, 3.05) is 42.3 Å². The van der Waals surface area contributed by atoms with Crippen LogP contribution in [0, 0.1) is 5.82 Å². The molecule has 1 unspecified atom stereocenters. The first-order valence-electron chi connectivity index (χ1n) is 10.1. The third-order valence-corrected chi connectivity index (χ3v) is 7.18. The van der Waals surface area contributed by atoms with Crippen molar-refractivity contribution in [3.8, 4) is 5.75 Å². The summed E-state index contributed by atoms with van der Waals surface area (Å²) >= 11 is -0.735. The highest BCUT2D eigenvalue weighted by molar-refractivity contribution is 7.92.